The van der Waals surface area contributed by atoms with Gasteiger partial charge in [-0.15, -0.1) is 0 Å². The second-order valence-corrected chi connectivity index (χ2v) is 6.34. The standard InChI is InChI=1S/C18H23N3O2/c1-13-10-17(20-23-13)19-18(22)12-21(14(2)16-8-9-16)11-15-6-4-3-5-7-15/h3-7,10,14,16H,8-9,11-12H2,1-2H3,(H,19,20,22)/t14-/m1/s1. The van der Waals surface area contributed by atoms with Crippen LogP contribution in [0.25, 0.3) is 0 Å². The maximum atomic E-state index is 12.3. The molecular formula is C18H23N3O2. The summed E-state index contributed by atoms with van der Waals surface area (Å²) in [7, 11) is 0. The molecule has 0 saturated heterocycles. The lowest BCUT2D eigenvalue weighted by Crippen LogP contribution is -2.40. The molecule has 1 atom stereocenters. The summed E-state index contributed by atoms with van der Waals surface area (Å²) < 4.78 is 4.98. The monoisotopic (exact) mass is 313 g/mol. The van der Waals surface area contributed by atoms with Crippen molar-refractivity contribution in [3.05, 3.63) is 47.7 Å². The molecule has 122 valence electrons. The molecule has 3 rings (SSSR count). The number of nitrogens with zero attached hydrogens (tertiary/aromatic N) is 2. The highest BCUT2D eigenvalue weighted by Gasteiger charge is 2.32. The van der Waals surface area contributed by atoms with Crippen LogP contribution in [0.15, 0.2) is 40.9 Å². The van der Waals surface area contributed by atoms with Crippen molar-refractivity contribution in [3.63, 3.8) is 0 Å². The first kappa shape index (κ1) is 15.7. The SMILES string of the molecule is Cc1cc(NC(=O)CN(Cc2ccccc2)[C@H](C)C2CC2)no1. The second-order valence-electron chi connectivity index (χ2n) is 6.34. The number of rotatable bonds is 7. The van der Waals surface area contributed by atoms with E-state index in [0.717, 1.165) is 6.54 Å². The molecule has 1 N–H and O–H groups in total. The normalized spacial score (nSPS) is 15.6. The lowest BCUT2D eigenvalue weighted by molar-refractivity contribution is -0.118. The predicted octanol–water partition coefficient (Wildman–Crippen LogP) is 3.22. The van der Waals surface area contributed by atoms with Gasteiger partial charge in [0.25, 0.3) is 0 Å². The fourth-order valence-corrected chi connectivity index (χ4v) is 2.83. The summed E-state index contributed by atoms with van der Waals surface area (Å²) in [5.74, 6) is 1.82. The summed E-state index contributed by atoms with van der Waals surface area (Å²) in [5, 5.41) is 6.62. The summed E-state index contributed by atoms with van der Waals surface area (Å²) >= 11 is 0. The Kier molecular flexibility index (Phi) is 4.76. The lowest BCUT2D eigenvalue weighted by Gasteiger charge is -2.28. The Balaban J connectivity index is 1.64. The first-order valence-electron chi connectivity index (χ1n) is 8.13. The van der Waals surface area contributed by atoms with E-state index in [0.29, 0.717) is 30.1 Å². The summed E-state index contributed by atoms with van der Waals surface area (Å²) in [6.45, 7) is 5.16. The third kappa shape index (κ3) is 4.42. The van der Waals surface area contributed by atoms with Crippen LogP contribution in [0.3, 0.4) is 0 Å². The molecule has 1 aliphatic rings. The van der Waals surface area contributed by atoms with Crippen molar-refractivity contribution in [2.75, 3.05) is 11.9 Å². The molecule has 0 bridgehead atoms. The number of carbonyl (C=O) groups is 1. The molecule has 0 aliphatic heterocycles. The van der Waals surface area contributed by atoms with Crippen molar-refractivity contribution >= 4 is 11.7 Å². The highest BCUT2D eigenvalue weighted by atomic mass is 16.5. The molecule has 23 heavy (non-hydrogen) atoms. The molecule has 1 amide bonds. The topological polar surface area (TPSA) is 58.4 Å². The van der Waals surface area contributed by atoms with Crippen LogP contribution in [0.5, 0.6) is 0 Å². The van der Waals surface area contributed by atoms with E-state index in [4.69, 9.17) is 4.52 Å². The number of nitrogens with one attached hydrogen (secondary N) is 1. The average Bonchev–Trinajstić information content (AvgIpc) is 3.30. The van der Waals surface area contributed by atoms with Gasteiger partial charge in [-0.3, -0.25) is 9.69 Å². The van der Waals surface area contributed by atoms with Crippen molar-refractivity contribution < 1.29 is 9.32 Å². The van der Waals surface area contributed by atoms with Crippen LogP contribution < -0.4 is 5.32 Å². The van der Waals surface area contributed by atoms with Crippen molar-refractivity contribution in [3.8, 4) is 0 Å². The molecule has 0 radical (unpaired) electrons. The number of anilines is 1. The predicted molar refractivity (Wildman–Crippen MR) is 88.9 cm³/mol. The summed E-state index contributed by atoms with van der Waals surface area (Å²) in [4.78, 5) is 14.6. The molecule has 2 aromatic rings. The molecule has 1 aromatic heterocycles. The van der Waals surface area contributed by atoms with Gasteiger partial charge in [-0.05, 0) is 38.2 Å². The minimum absolute atomic E-state index is 0.0540. The van der Waals surface area contributed by atoms with Gasteiger partial charge in [-0.2, -0.15) is 0 Å². The van der Waals surface area contributed by atoms with Gasteiger partial charge < -0.3 is 9.84 Å². The third-order valence-electron chi connectivity index (χ3n) is 4.35. The zero-order valence-electron chi connectivity index (χ0n) is 13.7. The molecule has 0 unspecified atom stereocenters. The van der Waals surface area contributed by atoms with Crippen LogP contribution in [0.1, 0.15) is 31.1 Å². The van der Waals surface area contributed by atoms with Crippen LogP contribution in [0, 0.1) is 12.8 Å². The van der Waals surface area contributed by atoms with E-state index >= 15 is 0 Å². The summed E-state index contributed by atoms with van der Waals surface area (Å²) in [6, 6.07) is 12.4. The molecule has 5 heteroatoms. The van der Waals surface area contributed by atoms with Crippen LogP contribution >= 0.6 is 0 Å². The van der Waals surface area contributed by atoms with Gasteiger partial charge >= 0.3 is 0 Å². The molecule has 1 aliphatic carbocycles. The van der Waals surface area contributed by atoms with Crippen LogP contribution in [0.4, 0.5) is 5.82 Å². The van der Waals surface area contributed by atoms with Gasteiger partial charge in [0.15, 0.2) is 5.82 Å². The lowest BCUT2D eigenvalue weighted by atomic mass is 10.1. The molecule has 1 aromatic carbocycles. The fourth-order valence-electron chi connectivity index (χ4n) is 2.83. The van der Waals surface area contributed by atoms with Gasteiger partial charge in [0.1, 0.15) is 5.76 Å². The van der Waals surface area contributed by atoms with Gasteiger partial charge in [0.05, 0.1) is 6.54 Å². The van der Waals surface area contributed by atoms with E-state index < -0.39 is 0 Å². The first-order valence-corrected chi connectivity index (χ1v) is 8.13. The van der Waals surface area contributed by atoms with Crippen molar-refractivity contribution in [2.45, 2.75) is 39.3 Å². The van der Waals surface area contributed by atoms with E-state index in [-0.39, 0.29) is 5.91 Å². The molecule has 0 spiro atoms. The molecule has 1 heterocycles. The second kappa shape index (κ2) is 6.96. The minimum Gasteiger partial charge on any atom is -0.360 e. The van der Waals surface area contributed by atoms with E-state index in [1.807, 2.05) is 18.2 Å². The Bertz CT molecular complexity index is 649. The van der Waals surface area contributed by atoms with Crippen LogP contribution in [0.2, 0.25) is 0 Å². The highest BCUT2D eigenvalue weighted by molar-refractivity contribution is 5.91. The average molecular weight is 313 g/mol. The van der Waals surface area contributed by atoms with E-state index in [1.54, 1.807) is 13.0 Å². The third-order valence-corrected chi connectivity index (χ3v) is 4.35. The van der Waals surface area contributed by atoms with Crippen LogP contribution in [-0.2, 0) is 11.3 Å². The maximum Gasteiger partial charge on any atom is 0.239 e. The van der Waals surface area contributed by atoms with Crippen LogP contribution in [-0.4, -0.2) is 28.6 Å². The number of hydrogen-bond donors (Lipinski definition) is 1. The van der Waals surface area contributed by atoms with E-state index in [2.05, 4.69) is 34.4 Å². The van der Waals surface area contributed by atoms with Gasteiger partial charge in [0.2, 0.25) is 5.91 Å². The molecular weight excluding hydrogens is 290 g/mol. The largest absolute Gasteiger partial charge is 0.360 e. The minimum atomic E-state index is -0.0540. The zero-order valence-corrected chi connectivity index (χ0v) is 13.7. The van der Waals surface area contributed by atoms with Gasteiger partial charge in [-0.25, -0.2) is 0 Å². The quantitative estimate of drug-likeness (QED) is 0.852. The smallest absolute Gasteiger partial charge is 0.239 e. The fraction of sp³-hybridized carbons (Fsp3) is 0.444. The van der Waals surface area contributed by atoms with Gasteiger partial charge in [0, 0.05) is 18.7 Å². The maximum absolute atomic E-state index is 12.3. The Morgan fingerprint density at radius 3 is 2.74 bits per heavy atom. The Hall–Kier alpha value is -2.14. The van der Waals surface area contributed by atoms with E-state index in [1.165, 1.54) is 18.4 Å². The molecule has 1 fully saturated rings. The summed E-state index contributed by atoms with van der Waals surface area (Å²) in [5.41, 5.74) is 1.23. The number of carbonyl (C=O) groups excluding carboxylic acids is 1. The summed E-state index contributed by atoms with van der Waals surface area (Å²) in [6.07, 6.45) is 2.52. The number of benzene rings is 1. The number of aryl methyl sites for hydroxylation is 1. The van der Waals surface area contributed by atoms with E-state index in [9.17, 15) is 4.79 Å². The van der Waals surface area contributed by atoms with Gasteiger partial charge in [-0.1, -0.05) is 35.5 Å². The van der Waals surface area contributed by atoms with Crippen molar-refractivity contribution in [1.82, 2.24) is 10.1 Å². The zero-order chi connectivity index (χ0) is 16.2. The Labute approximate surface area is 136 Å². The number of hydrogen-bond acceptors (Lipinski definition) is 4. The highest BCUT2D eigenvalue weighted by Crippen LogP contribution is 2.35. The first-order chi connectivity index (χ1) is 11.1. The number of aromatic nitrogens is 1. The Morgan fingerprint density at radius 2 is 2.13 bits per heavy atom. The van der Waals surface area contributed by atoms with Crippen molar-refractivity contribution in [2.24, 2.45) is 5.92 Å². The molecule has 1 saturated carbocycles. The van der Waals surface area contributed by atoms with Crippen molar-refractivity contribution in [1.29, 1.82) is 0 Å². The number of amides is 1. The Morgan fingerprint density at radius 1 is 1.39 bits per heavy atom. The molecule has 5 nitrogen and oxygen atoms in total.